The van der Waals surface area contributed by atoms with Crippen molar-refractivity contribution in [2.75, 3.05) is 23.7 Å². The Morgan fingerprint density at radius 1 is 1.26 bits per heavy atom. The maximum Gasteiger partial charge on any atom is 0.147 e. The predicted molar refractivity (Wildman–Crippen MR) is 82.6 cm³/mol. The predicted octanol–water partition coefficient (Wildman–Crippen LogP) is 3.41. The molecule has 5 heteroatoms. The average Bonchev–Trinajstić information content (AvgIpc) is 2.81. The van der Waals surface area contributed by atoms with Crippen LogP contribution in [-0.2, 0) is 0 Å². The topological polar surface area (TPSA) is 55.0 Å². The Labute approximate surface area is 118 Å². The molecule has 2 N–H and O–H groups in total. The number of anilines is 2. The summed E-state index contributed by atoms with van der Waals surface area (Å²) in [4.78, 5) is 6.55. The third-order valence-electron chi connectivity index (χ3n) is 2.92. The third-order valence-corrected chi connectivity index (χ3v) is 3.85. The molecule has 0 bridgehead atoms. The lowest BCUT2D eigenvalue weighted by atomic mass is 10.1. The van der Waals surface area contributed by atoms with Gasteiger partial charge in [0.15, 0.2) is 0 Å². The standard InChI is InChI=1S/C14H20N4S/c1-3-8-18(9-4-2)14-12(13(15)17-19-14)11-6-5-7-16-10-11/h5-7,10H,3-4,8-9H2,1-2H3,(H2,15,17). The lowest BCUT2D eigenvalue weighted by molar-refractivity contribution is 0.751. The first kappa shape index (κ1) is 13.8. The minimum Gasteiger partial charge on any atom is -0.382 e. The van der Waals surface area contributed by atoms with Crippen LogP contribution in [0.2, 0.25) is 0 Å². The van der Waals surface area contributed by atoms with Gasteiger partial charge < -0.3 is 10.6 Å². The Morgan fingerprint density at radius 2 is 2.00 bits per heavy atom. The quantitative estimate of drug-likeness (QED) is 0.878. The van der Waals surface area contributed by atoms with Crippen molar-refractivity contribution in [3.8, 4) is 11.1 Å². The first-order valence-corrected chi connectivity index (χ1v) is 7.45. The molecule has 0 aliphatic carbocycles. The van der Waals surface area contributed by atoms with Crippen molar-refractivity contribution in [1.29, 1.82) is 0 Å². The minimum absolute atomic E-state index is 0.602. The number of hydrogen-bond acceptors (Lipinski definition) is 5. The molecule has 0 amide bonds. The molecule has 0 atom stereocenters. The van der Waals surface area contributed by atoms with E-state index in [1.165, 1.54) is 11.5 Å². The molecule has 0 saturated heterocycles. The van der Waals surface area contributed by atoms with Gasteiger partial charge in [0.25, 0.3) is 0 Å². The molecule has 102 valence electrons. The Morgan fingerprint density at radius 3 is 2.58 bits per heavy atom. The van der Waals surface area contributed by atoms with E-state index in [-0.39, 0.29) is 0 Å². The smallest absolute Gasteiger partial charge is 0.147 e. The highest BCUT2D eigenvalue weighted by Crippen LogP contribution is 2.39. The molecule has 0 fully saturated rings. The molecule has 0 aliphatic rings. The molecular formula is C14H20N4S. The molecular weight excluding hydrogens is 256 g/mol. The zero-order valence-corrected chi connectivity index (χ0v) is 12.3. The normalized spacial score (nSPS) is 10.6. The molecule has 2 aromatic rings. The van der Waals surface area contributed by atoms with Crippen LogP contribution in [0.1, 0.15) is 26.7 Å². The van der Waals surface area contributed by atoms with Gasteiger partial charge in [-0.05, 0) is 30.4 Å². The Hall–Kier alpha value is -1.62. The van der Waals surface area contributed by atoms with Crippen LogP contribution in [0, 0.1) is 0 Å². The summed E-state index contributed by atoms with van der Waals surface area (Å²) in [6.07, 6.45) is 5.85. The Balaban J connectivity index is 2.41. The van der Waals surface area contributed by atoms with Crippen molar-refractivity contribution in [2.45, 2.75) is 26.7 Å². The number of nitrogens with zero attached hydrogens (tertiary/aromatic N) is 3. The van der Waals surface area contributed by atoms with E-state index in [0.717, 1.165) is 42.1 Å². The van der Waals surface area contributed by atoms with Crippen LogP contribution in [0.25, 0.3) is 11.1 Å². The second-order valence-corrected chi connectivity index (χ2v) is 5.23. The number of rotatable bonds is 6. The van der Waals surface area contributed by atoms with E-state index in [1.807, 2.05) is 18.3 Å². The van der Waals surface area contributed by atoms with E-state index in [1.54, 1.807) is 6.20 Å². The van der Waals surface area contributed by atoms with Gasteiger partial charge in [-0.3, -0.25) is 4.98 Å². The molecule has 0 aromatic carbocycles. The fourth-order valence-electron chi connectivity index (χ4n) is 2.15. The van der Waals surface area contributed by atoms with E-state index in [2.05, 4.69) is 28.1 Å². The van der Waals surface area contributed by atoms with E-state index in [0.29, 0.717) is 5.82 Å². The second-order valence-electron chi connectivity index (χ2n) is 4.48. The van der Waals surface area contributed by atoms with Gasteiger partial charge in [-0.1, -0.05) is 19.9 Å². The molecule has 0 spiro atoms. The van der Waals surface area contributed by atoms with Gasteiger partial charge >= 0.3 is 0 Å². The maximum atomic E-state index is 6.05. The molecule has 2 heterocycles. The molecule has 2 rings (SSSR count). The average molecular weight is 276 g/mol. The number of hydrogen-bond donors (Lipinski definition) is 1. The fraction of sp³-hybridized carbons (Fsp3) is 0.429. The highest BCUT2D eigenvalue weighted by atomic mass is 32.1. The van der Waals surface area contributed by atoms with Gasteiger partial charge in [0, 0.05) is 31.0 Å². The van der Waals surface area contributed by atoms with Crippen molar-refractivity contribution in [1.82, 2.24) is 9.36 Å². The van der Waals surface area contributed by atoms with Gasteiger partial charge in [0.2, 0.25) is 0 Å². The largest absolute Gasteiger partial charge is 0.382 e. The van der Waals surface area contributed by atoms with Crippen LogP contribution >= 0.6 is 11.5 Å². The summed E-state index contributed by atoms with van der Waals surface area (Å²) in [6, 6.07) is 3.97. The SMILES string of the molecule is CCCN(CCC)c1snc(N)c1-c1cccnc1. The van der Waals surface area contributed by atoms with Crippen LogP contribution in [0.3, 0.4) is 0 Å². The fourth-order valence-corrected chi connectivity index (χ4v) is 3.03. The Kier molecular flexibility index (Phi) is 4.74. The van der Waals surface area contributed by atoms with Crippen molar-refractivity contribution in [2.24, 2.45) is 0 Å². The molecule has 0 unspecified atom stereocenters. The third kappa shape index (κ3) is 3.04. The van der Waals surface area contributed by atoms with Gasteiger partial charge in [0.05, 0.1) is 5.56 Å². The maximum absolute atomic E-state index is 6.05. The summed E-state index contributed by atoms with van der Waals surface area (Å²) in [7, 11) is 0. The first-order valence-electron chi connectivity index (χ1n) is 6.68. The van der Waals surface area contributed by atoms with Crippen LogP contribution in [-0.4, -0.2) is 22.4 Å². The number of nitrogens with two attached hydrogens (primary N) is 1. The summed E-state index contributed by atoms with van der Waals surface area (Å²) in [6.45, 7) is 6.44. The second kappa shape index (κ2) is 6.52. The van der Waals surface area contributed by atoms with Crippen LogP contribution in [0.5, 0.6) is 0 Å². The van der Waals surface area contributed by atoms with Gasteiger partial charge in [-0.15, -0.1) is 0 Å². The highest BCUT2D eigenvalue weighted by Gasteiger charge is 2.18. The van der Waals surface area contributed by atoms with E-state index in [4.69, 9.17) is 5.73 Å². The molecule has 4 nitrogen and oxygen atoms in total. The van der Waals surface area contributed by atoms with E-state index in [9.17, 15) is 0 Å². The molecule has 2 aromatic heterocycles. The lowest BCUT2D eigenvalue weighted by Gasteiger charge is -2.22. The van der Waals surface area contributed by atoms with Gasteiger partial charge in [-0.2, -0.15) is 4.37 Å². The summed E-state index contributed by atoms with van der Waals surface area (Å²) < 4.78 is 4.33. The zero-order valence-electron chi connectivity index (χ0n) is 11.5. The number of aromatic nitrogens is 2. The highest BCUT2D eigenvalue weighted by molar-refractivity contribution is 7.11. The zero-order chi connectivity index (χ0) is 13.7. The van der Waals surface area contributed by atoms with Crippen molar-refractivity contribution in [3.05, 3.63) is 24.5 Å². The van der Waals surface area contributed by atoms with E-state index >= 15 is 0 Å². The van der Waals surface area contributed by atoms with Crippen molar-refractivity contribution < 1.29 is 0 Å². The number of nitrogen functional groups attached to an aromatic ring is 1. The van der Waals surface area contributed by atoms with Crippen LogP contribution < -0.4 is 10.6 Å². The summed E-state index contributed by atoms with van der Waals surface area (Å²) in [5, 5.41) is 1.16. The minimum atomic E-state index is 0.602. The Bertz CT molecular complexity index is 503. The first-order chi connectivity index (χ1) is 9.27. The van der Waals surface area contributed by atoms with Gasteiger partial charge in [0.1, 0.15) is 10.8 Å². The molecule has 0 aliphatic heterocycles. The summed E-state index contributed by atoms with van der Waals surface area (Å²) in [5.41, 5.74) is 8.12. The van der Waals surface area contributed by atoms with Crippen LogP contribution in [0.15, 0.2) is 24.5 Å². The summed E-state index contributed by atoms with van der Waals surface area (Å²) >= 11 is 1.48. The molecule has 19 heavy (non-hydrogen) atoms. The van der Waals surface area contributed by atoms with Crippen molar-refractivity contribution in [3.63, 3.8) is 0 Å². The van der Waals surface area contributed by atoms with E-state index < -0.39 is 0 Å². The lowest BCUT2D eigenvalue weighted by Crippen LogP contribution is -2.24. The molecule has 0 radical (unpaired) electrons. The summed E-state index contributed by atoms with van der Waals surface area (Å²) in [5.74, 6) is 0.602. The molecule has 0 saturated carbocycles. The van der Waals surface area contributed by atoms with Crippen LogP contribution in [0.4, 0.5) is 10.8 Å². The monoisotopic (exact) mass is 276 g/mol. The van der Waals surface area contributed by atoms with Crippen molar-refractivity contribution >= 4 is 22.4 Å². The number of pyridine rings is 1. The van der Waals surface area contributed by atoms with Gasteiger partial charge in [-0.25, -0.2) is 0 Å².